The number of carbonyl (C=O) groups is 1. The molecule has 1 N–H and O–H groups in total. The molecular formula is C14H23NO2S. The first-order chi connectivity index (χ1) is 8.40. The number of hydrogen-bond acceptors (Lipinski definition) is 4. The first-order valence-electron chi connectivity index (χ1n) is 6.31. The number of esters is 1. The minimum atomic E-state index is -0.337. The highest BCUT2D eigenvalue weighted by molar-refractivity contribution is 7.12. The molecule has 0 radical (unpaired) electrons. The zero-order valence-electron chi connectivity index (χ0n) is 11.9. The van der Waals surface area contributed by atoms with E-state index in [1.807, 2.05) is 6.07 Å². The van der Waals surface area contributed by atoms with Crippen molar-refractivity contribution in [2.45, 2.75) is 45.6 Å². The molecule has 18 heavy (non-hydrogen) atoms. The van der Waals surface area contributed by atoms with Crippen molar-refractivity contribution in [2.75, 3.05) is 13.7 Å². The van der Waals surface area contributed by atoms with Gasteiger partial charge in [0.2, 0.25) is 0 Å². The van der Waals surface area contributed by atoms with E-state index in [2.05, 4.69) is 39.1 Å². The number of carbonyl (C=O) groups excluding carboxylic acids is 1. The van der Waals surface area contributed by atoms with Gasteiger partial charge in [0.15, 0.2) is 0 Å². The highest BCUT2D eigenvalue weighted by atomic mass is 32.1. The van der Waals surface area contributed by atoms with Gasteiger partial charge in [0.05, 0.1) is 7.11 Å². The van der Waals surface area contributed by atoms with Crippen LogP contribution < -0.4 is 5.32 Å². The lowest BCUT2D eigenvalue weighted by Crippen LogP contribution is -2.29. The molecule has 1 rings (SSSR count). The van der Waals surface area contributed by atoms with Gasteiger partial charge in [-0.25, -0.2) is 4.79 Å². The first-order valence-corrected chi connectivity index (χ1v) is 7.13. The monoisotopic (exact) mass is 269 g/mol. The van der Waals surface area contributed by atoms with Crippen LogP contribution in [0.1, 0.15) is 49.9 Å². The van der Waals surface area contributed by atoms with Gasteiger partial charge in [-0.3, -0.25) is 0 Å². The maximum absolute atomic E-state index is 11.8. The maximum atomic E-state index is 11.8. The van der Waals surface area contributed by atoms with E-state index in [-0.39, 0.29) is 17.4 Å². The number of ether oxygens (including phenoxy) is 1. The fraction of sp³-hybridized carbons (Fsp3) is 0.643. The van der Waals surface area contributed by atoms with Gasteiger partial charge in [-0.15, -0.1) is 11.3 Å². The number of hydrogen-bond donors (Lipinski definition) is 1. The predicted molar refractivity (Wildman–Crippen MR) is 76.1 cm³/mol. The molecule has 1 atom stereocenters. The number of methoxy groups -OCH3 is 1. The largest absolute Gasteiger partial charge is 0.468 e. The Morgan fingerprint density at radius 3 is 2.56 bits per heavy atom. The molecule has 102 valence electrons. The van der Waals surface area contributed by atoms with Crippen molar-refractivity contribution >= 4 is 17.3 Å². The Balaban J connectivity index is 2.91. The third-order valence-corrected chi connectivity index (χ3v) is 4.26. The van der Waals surface area contributed by atoms with E-state index in [4.69, 9.17) is 4.74 Å². The molecule has 1 unspecified atom stereocenters. The van der Waals surface area contributed by atoms with E-state index in [1.165, 1.54) is 12.0 Å². The highest BCUT2D eigenvalue weighted by Crippen LogP contribution is 2.32. The summed E-state index contributed by atoms with van der Waals surface area (Å²) < 4.78 is 4.86. The summed E-state index contributed by atoms with van der Waals surface area (Å²) in [5.74, 6) is -0.217. The molecule has 1 aromatic rings. The van der Waals surface area contributed by atoms with Crippen molar-refractivity contribution in [2.24, 2.45) is 0 Å². The van der Waals surface area contributed by atoms with Crippen molar-refractivity contribution in [3.05, 3.63) is 21.9 Å². The van der Waals surface area contributed by atoms with Crippen molar-refractivity contribution in [3.63, 3.8) is 0 Å². The van der Waals surface area contributed by atoms with E-state index < -0.39 is 0 Å². The quantitative estimate of drug-likeness (QED) is 0.834. The second kappa shape index (κ2) is 6.34. The fourth-order valence-electron chi connectivity index (χ4n) is 1.62. The Bertz CT molecular complexity index is 393. The third-order valence-electron chi connectivity index (χ3n) is 2.69. The maximum Gasteiger partial charge on any atom is 0.328 e. The molecule has 0 aromatic carbocycles. The molecule has 0 amide bonds. The van der Waals surface area contributed by atoms with Crippen LogP contribution >= 0.6 is 11.3 Å². The van der Waals surface area contributed by atoms with Crippen molar-refractivity contribution in [1.29, 1.82) is 0 Å². The van der Waals surface area contributed by atoms with Crippen molar-refractivity contribution in [1.82, 2.24) is 5.32 Å². The molecule has 3 nitrogen and oxygen atoms in total. The predicted octanol–water partition coefficient (Wildman–Crippen LogP) is 3.26. The standard InChI is InChI=1S/C14H23NO2S/c1-6-9-15-12(13(16)17-5)10-7-8-11(18-10)14(2,3)4/h7-8,12,15H,6,9H2,1-5H3. The fourth-order valence-corrected chi connectivity index (χ4v) is 2.75. The number of nitrogens with one attached hydrogen (secondary N) is 1. The summed E-state index contributed by atoms with van der Waals surface area (Å²) in [7, 11) is 1.43. The molecular weight excluding hydrogens is 246 g/mol. The van der Waals surface area contributed by atoms with Crippen LogP contribution in [0.5, 0.6) is 0 Å². The Labute approximate surface area is 114 Å². The molecule has 0 aliphatic rings. The Morgan fingerprint density at radius 2 is 2.11 bits per heavy atom. The van der Waals surface area contributed by atoms with E-state index in [9.17, 15) is 4.79 Å². The van der Waals surface area contributed by atoms with E-state index in [1.54, 1.807) is 11.3 Å². The number of rotatable bonds is 5. The lowest BCUT2D eigenvalue weighted by Gasteiger charge is -2.17. The molecule has 0 aliphatic heterocycles. The lowest BCUT2D eigenvalue weighted by molar-refractivity contribution is -0.143. The van der Waals surface area contributed by atoms with Gasteiger partial charge in [0.25, 0.3) is 0 Å². The molecule has 0 bridgehead atoms. The molecule has 0 fully saturated rings. The smallest absolute Gasteiger partial charge is 0.328 e. The summed E-state index contributed by atoms with van der Waals surface area (Å²) in [5.41, 5.74) is 0.119. The van der Waals surface area contributed by atoms with Crippen LogP contribution in [-0.4, -0.2) is 19.6 Å². The topological polar surface area (TPSA) is 38.3 Å². The lowest BCUT2D eigenvalue weighted by atomic mass is 9.95. The van der Waals surface area contributed by atoms with Crippen molar-refractivity contribution in [3.8, 4) is 0 Å². The molecule has 1 heterocycles. The normalized spacial score (nSPS) is 13.4. The zero-order chi connectivity index (χ0) is 13.8. The van der Waals surface area contributed by atoms with Gasteiger partial charge in [-0.2, -0.15) is 0 Å². The average molecular weight is 269 g/mol. The van der Waals surface area contributed by atoms with Crippen LogP contribution in [0.25, 0.3) is 0 Å². The second-order valence-electron chi connectivity index (χ2n) is 5.36. The molecule has 0 spiro atoms. The van der Waals surface area contributed by atoms with Gasteiger partial charge in [-0.1, -0.05) is 27.7 Å². The van der Waals surface area contributed by atoms with Crippen LogP contribution in [0.2, 0.25) is 0 Å². The molecule has 0 saturated carbocycles. The summed E-state index contributed by atoms with van der Waals surface area (Å²) in [6.07, 6.45) is 0.991. The Hall–Kier alpha value is -0.870. The van der Waals surface area contributed by atoms with Gasteiger partial charge >= 0.3 is 5.97 Å². The average Bonchev–Trinajstić information content (AvgIpc) is 2.78. The summed E-state index contributed by atoms with van der Waals surface area (Å²) in [6, 6.07) is 3.79. The minimum absolute atomic E-state index is 0.119. The van der Waals surface area contributed by atoms with E-state index in [0.29, 0.717) is 0 Å². The molecule has 0 saturated heterocycles. The van der Waals surface area contributed by atoms with Crippen LogP contribution in [0.15, 0.2) is 12.1 Å². The van der Waals surface area contributed by atoms with Crippen LogP contribution in [0, 0.1) is 0 Å². The van der Waals surface area contributed by atoms with E-state index in [0.717, 1.165) is 17.8 Å². The first kappa shape index (κ1) is 15.2. The number of thiophene rings is 1. The summed E-state index contributed by atoms with van der Waals surface area (Å²) in [6.45, 7) is 9.42. The van der Waals surface area contributed by atoms with Gasteiger partial charge in [0.1, 0.15) is 6.04 Å². The molecule has 1 aromatic heterocycles. The third kappa shape index (κ3) is 3.82. The minimum Gasteiger partial charge on any atom is -0.468 e. The van der Waals surface area contributed by atoms with Gasteiger partial charge in [-0.05, 0) is 30.5 Å². The van der Waals surface area contributed by atoms with Crippen molar-refractivity contribution < 1.29 is 9.53 Å². The zero-order valence-corrected chi connectivity index (χ0v) is 12.7. The molecule has 4 heteroatoms. The SMILES string of the molecule is CCCNC(C(=O)OC)c1ccc(C(C)(C)C)s1. The van der Waals surface area contributed by atoms with Gasteiger partial charge < -0.3 is 10.1 Å². The van der Waals surface area contributed by atoms with E-state index >= 15 is 0 Å². The second-order valence-corrected chi connectivity index (χ2v) is 6.48. The Kier molecular flexibility index (Phi) is 5.35. The van der Waals surface area contributed by atoms with Crippen LogP contribution in [0.3, 0.4) is 0 Å². The molecule has 0 aliphatic carbocycles. The summed E-state index contributed by atoms with van der Waals surface area (Å²) >= 11 is 1.68. The highest BCUT2D eigenvalue weighted by Gasteiger charge is 2.24. The van der Waals surface area contributed by atoms with Crippen LogP contribution in [-0.2, 0) is 14.9 Å². The van der Waals surface area contributed by atoms with Crippen LogP contribution in [0.4, 0.5) is 0 Å². The summed E-state index contributed by atoms with van der Waals surface area (Å²) in [5, 5.41) is 3.24. The Morgan fingerprint density at radius 1 is 1.44 bits per heavy atom. The summed E-state index contributed by atoms with van der Waals surface area (Å²) in [4.78, 5) is 14.1. The van der Waals surface area contributed by atoms with Gasteiger partial charge in [0, 0.05) is 9.75 Å².